The molecule has 2 saturated heterocycles. The third kappa shape index (κ3) is 1.36. The molecule has 4 fully saturated rings. The third-order valence-electron chi connectivity index (χ3n) is 5.68. The van der Waals surface area contributed by atoms with Crippen molar-refractivity contribution in [1.82, 2.24) is 9.80 Å². The maximum Gasteiger partial charge on any atom is 0.228 e. The number of fused-ring (bicyclic) bond motifs is 2. The van der Waals surface area contributed by atoms with Crippen LogP contribution in [0.1, 0.15) is 12.8 Å². The lowest BCUT2D eigenvalue weighted by Crippen LogP contribution is -2.44. The zero-order valence-corrected chi connectivity index (χ0v) is 11.7. The van der Waals surface area contributed by atoms with Crippen molar-refractivity contribution in [3.63, 3.8) is 0 Å². The largest absolute Gasteiger partial charge is 0.390 e. The van der Waals surface area contributed by atoms with Crippen molar-refractivity contribution in [3.8, 4) is 0 Å². The molecule has 2 aliphatic carbocycles. The van der Waals surface area contributed by atoms with Crippen molar-refractivity contribution >= 4 is 11.8 Å². The summed E-state index contributed by atoms with van der Waals surface area (Å²) in [6.07, 6.45) is 0.487. The maximum absolute atomic E-state index is 12.5. The van der Waals surface area contributed by atoms with Crippen molar-refractivity contribution in [1.29, 1.82) is 0 Å². The quantitative estimate of drug-likeness (QED) is 0.740. The van der Waals surface area contributed by atoms with Gasteiger partial charge in [0.2, 0.25) is 11.8 Å². The molecule has 4 aliphatic rings. The van der Waals surface area contributed by atoms with Crippen LogP contribution in [0.2, 0.25) is 0 Å². The highest BCUT2D eigenvalue weighted by atomic mass is 16.5. The van der Waals surface area contributed by atoms with Gasteiger partial charge in [0.05, 0.1) is 18.1 Å². The number of likely N-dealkylation sites (tertiary alicyclic amines) is 1. The molecule has 2 aliphatic heterocycles. The van der Waals surface area contributed by atoms with Gasteiger partial charge >= 0.3 is 0 Å². The summed E-state index contributed by atoms with van der Waals surface area (Å²) in [7, 11) is 3.44. The molecule has 6 heteroatoms. The summed E-state index contributed by atoms with van der Waals surface area (Å²) in [6.45, 7) is 0.426. The summed E-state index contributed by atoms with van der Waals surface area (Å²) in [5, 5.41) is 10.2. The molecule has 0 radical (unpaired) electrons. The van der Waals surface area contributed by atoms with Crippen LogP contribution in [0.15, 0.2) is 0 Å². The van der Waals surface area contributed by atoms with Gasteiger partial charge in [0.25, 0.3) is 0 Å². The number of rotatable bonds is 3. The molecular formula is C14H20N2O4. The lowest BCUT2D eigenvalue weighted by molar-refractivity contribution is -0.151. The molecule has 0 spiro atoms. The van der Waals surface area contributed by atoms with Crippen LogP contribution in [0.5, 0.6) is 0 Å². The van der Waals surface area contributed by atoms with E-state index >= 15 is 0 Å². The topological polar surface area (TPSA) is 70.1 Å². The van der Waals surface area contributed by atoms with Crippen molar-refractivity contribution in [3.05, 3.63) is 0 Å². The average Bonchev–Trinajstić information content (AvgIpc) is 3.05. The molecule has 0 aromatic rings. The molecule has 6 nitrogen and oxygen atoms in total. The first-order chi connectivity index (χ1) is 9.50. The number of nitrogens with zero attached hydrogens (tertiary/aromatic N) is 2. The summed E-state index contributed by atoms with van der Waals surface area (Å²) >= 11 is 0. The third-order valence-corrected chi connectivity index (χ3v) is 5.68. The Kier molecular flexibility index (Phi) is 2.49. The monoisotopic (exact) mass is 280 g/mol. The highest BCUT2D eigenvalue weighted by Crippen LogP contribution is 2.63. The van der Waals surface area contributed by atoms with Gasteiger partial charge in [-0.3, -0.25) is 9.59 Å². The predicted octanol–water partition coefficient (Wildman–Crippen LogP) is -0.725. The Hall–Kier alpha value is -1.14. The predicted molar refractivity (Wildman–Crippen MR) is 68.3 cm³/mol. The van der Waals surface area contributed by atoms with E-state index in [1.807, 2.05) is 0 Å². The first-order valence-corrected chi connectivity index (χ1v) is 7.35. The van der Waals surface area contributed by atoms with E-state index in [0.717, 1.165) is 6.42 Å². The highest BCUT2D eigenvalue weighted by molar-refractivity contribution is 5.84. The molecule has 2 saturated carbocycles. The molecule has 7 atom stereocenters. The zero-order valence-electron chi connectivity index (χ0n) is 11.7. The molecule has 2 amide bonds. The van der Waals surface area contributed by atoms with Gasteiger partial charge in [0, 0.05) is 33.0 Å². The number of aliphatic hydroxyl groups is 1. The standard InChI is InChI=1S/C14H20N2O4/c1-15(2)8(17)3-4-16-13(19)9-6-5-7-10(9)14(16)20-12(7)11(6)18/h6-7,9-12,14,18H,3-5H2,1-2H3. The van der Waals surface area contributed by atoms with Gasteiger partial charge in [0.1, 0.15) is 6.23 Å². The highest BCUT2D eigenvalue weighted by Gasteiger charge is 2.72. The Morgan fingerprint density at radius 2 is 2.20 bits per heavy atom. The molecule has 0 aromatic heterocycles. The number of amides is 2. The number of ether oxygens (including phenoxy) is 1. The molecule has 4 rings (SSSR count). The normalized spacial score (nSPS) is 47.5. The average molecular weight is 280 g/mol. The van der Waals surface area contributed by atoms with E-state index in [4.69, 9.17) is 4.74 Å². The van der Waals surface area contributed by atoms with Gasteiger partial charge < -0.3 is 19.6 Å². The summed E-state index contributed by atoms with van der Waals surface area (Å²) in [5.74, 6) is 0.681. The van der Waals surface area contributed by atoms with Crippen LogP contribution in [0, 0.1) is 23.7 Å². The van der Waals surface area contributed by atoms with Crippen LogP contribution in [-0.4, -0.2) is 65.8 Å². The summed E-state index contributed by atoms with van der Waals surface area (Å²) in [4.78, 5) is 27.5. The maximum atomic E-state index is 12.5. The number of hydrogen-bond donors (Lipinski definition) is 1. The van der Waals surface area contributed by atoms with Crippen LogP contribution in [0.25, 0.3) is 0 Å². The second-order valence-corrected chi connectivity index (χ2v) is 6.72. The number of hydrogen-bond acceptors (Lipinski definition) is 4. The fourth-order valence-corrected chi connectivity index (χ4v) is 4.82. The lowest BCUT2D eigenvalue weighted by Gasteiger charge is -2.30. The van der Waals surface area contributed by atoms with E-state index < -0.39 is 6.10 Å². The van der Waals surface area contributed by atoms with Crippen molar-refractivity contribution in [2.24, 2.45) is 23.7 Å². The van der Waals surface area contributed by atoms with Crippen LogP contribution < -0.4 is 0 Å². The van der Waals surface area contributed by atoms with Crippen LogP contribution >= 0.6 is 0 Å². The van der Waals surface area contributed by atoms with Gasteiger partial charge in [-0.25, -0.2) is 0 Å². The fraction of sp³-hybridized carbons (Fsp3) is 0.857. The molecule has 2 heterocycles. The SMILES string of the molecule is CN(C)C(=O)CCN1C(=O)C2C3CC4C(OC1C42)C3O. The van der Waals surface area contributed by atoms with E-state index in [9.17, 15) is 14.7 Å². The van der Waals surface area contributed by atoms with E-state index in [1.165, 1.54) is 0 Å². The lowest BCUT2D eigenvalue weighted by atomic mass is 9.80. The Morgan fingerprint density at radius 1 is 1.45 bits per heavy atom. The van der Waals surface area contributed by atoms with E-state index in [2.05, 4.69) is 0 Å². The molecular weight excluding hydrogens is 260 g/mol. The van der Waals surface area contributed by atoms with Gasteiger partial charge in [0.15, 0.2) is 0 Å². The summed E-state index contributed by atoms with van der Waals surface area (Å²) in [6, 6.07) is 0. The van der Waals surface area contributed by atoms with Gasteiger partial charge in [-0.15, -0.1) is 0 Å². The second-order valence-electron chi connectivity index (χ2n) is 6.72. The van der Waals surface area contributed by atoms with Crippen molar-refractivity contribution < 1.29 is 19.4 Å². The molecule has 20 heavy (non-hydrogen) atoms. The van der Waals surface area contributed by atoms with Gasteiger partial charge in [-0.05, 0) is 18.3 Å². The Balaban J connectivity index is 1.52. The summed E-state index contributed by atoms with van der Waals surface area (Å²) in [5.41, 5.74) is 0. The molecule has 1 N–H and O–H groups in total. The summed E-state index contributed by atoms with van der Waals surface area (Å²) < 4.78 is 5.95. The van der Waals surface area contributed by atoms with E-state index in [0.29, 0.717) is 18.9 Å². The van der Waals surface area contributed by atoms with Gasteiger partial charge in [-0.1, -0.05) is 0 Å². The number of carbonyl (C=O) groups excluding carboxylic acids is 2. The zero-order chi connectivity index (χ0) is 14.2. The first kappa shape index (κ1) is 12.6. The van der Waals surface area contributed by atoms with Crippen molar-refractivity contribution in [2.45, 2.75) is 31.3 Å². The molecule has 7 unspecified atom stereocenters. The van der Waals surface area contributed by atoms with Crippen LogP contribution in [0.3, 0.4) is 0 Å². The Morgan fingerprint density at radius 3 is 2.90 bits per heavy atom. The molecule has 0 aromatic carbocycles. The van der Waals surface area contributed by atoms with Gasteiger partial charge in [-0.2, -0.15) is 0 Å². The van der Waals surface area contributed by atoms with E-state index in [-0.39, 0.29) is 41.9 Å². The molecule has 110 valence electrons. The van der Waals surface area contributed by atoms with Crippen molar-refractivity contribution in [2.75, 3.05) is 20.6 Å². The first-order valence-electron chi connectivity index (χ1n) is 7.35. The fourth-order valence-electron chi connectivity index (χ4n) is 4.82. The smallest absolute Gasteiger partial charge is 0.228 e. The minimum absolute atomic E-state index is 0.0228. The number of aliphatic hydroxyl groups excluding tert-OH is 1. The minimum Gasteiger partial charge on any atom is -0.390 e. The Bertz CT molecular complexity index is 480. The Labute approximate surface area is 117 Å². The number of carbonyl (C=O) groups is 2. The van der Waals surface area contributed by atoms with Crippen LogP contribution in [0.4, 0.5) is 0 Å². The van der Waals surface area contributed by atoms with Crippen LogP contribution in [-0.2, 0) is 14.3 Å². The second kappa shape index (κ2) is 3.95. The molecule has 2 bridgehead atoms. The minimum atomic E-state index is -0.472. The van der Waals surface area contributed by atoms with E-state index in [1.54, 1.807) is 23.9 Å².